The number of esters is 1. The predicted molar refractivity (Wildman–Crippen MR) is 164 cm³/mol. The highest BCUT2D eigenvalue weighted by Gasteiger charge is 2.67. The second kappa shape index (κ2) is 10.9. The number of carbonyl (C=O) groups excluding carboxylic acids is 3. The van der Waals surface area contributed by atoms with Crippen molar-refractivity contribution in [3.63, 3.8) is 0 Å². The Labute approximate surface area is 254 Å². The Bertz CT molecular complexity index is 1100. The third kappa shape index (κ3) is 5.01. The zero-order chi connectivity index (χ0) is 29.3. The van der Waals surface area contributed by atoms with Crippen LogP contribution in [0.2, 0.25) is 0 Å². The van der Waals surface area contributed by atoms with E-state index in [1.807, 2.05) is 0 Å². The number of ketones is 1. The molecule has 4 saturated carbocycles. The van der Waals surface area contributed by atoms with Crippen LogP contribution < -0.4 is 11.1 Å². The van der Waals surface area contributed by atoms with Gasteiger partial charge in [-0.2, -0.15) is 0 Å². The first-order valence-corrected chi connectivity index (χ1v) is 16.0. The quantitative estimate of drug-likeness (QED) is 0.285. The highest BCUT2D eigenvalue weighted by molar-refractivity contribution is 5.95. The van der Waals surface area contributed by atoms with Crippen molar-refractivity contribution in [2.24, 2.45) is 56.5 Å². The van der Waals surface area contributed by atoms with Crippen LogP contribution in [0, 0.1) is 50.7 Å². The number of allylic oxidation sites excluding steroid dienone is 2. The van der Waals surface area contributed by atoms with Gasteiger partial charge in [0.15, 0.2) is 5.78 Å². The van der Waals surface area contributed by atoms with E-state index in [0.29, 0.717) is 30.7 Å². The molecular weight excluding hydrogens is 536 g/mol. The molecule has 41 heavy (non-hydrogen) atoms. The summed E-state index contributed by atoms with van der Waals surface area (Å²) in [5.41, 5.74) is 6.40. The Hall–Kier alpha value is -1.40. The van der Waals surface area contributed by atoms with E-state index in [-0.39, 0.29) is 63.9 Å². The predicted octanol–water partition coefficient (Wildman–Crippen LogP) is 6.40. The number of hydrogen-bond acceptors (Lipinski definition) is 5. The fourth-order valence-electron chi connectivity index (χ4n) is 11.0. The molecule has 232 valence electrons. The molecule has 5 rings (SSSR count). The Balaban J connectivity index is 0.00000387. The van der Waals surface area contributed by atoms with Crippen LogP contribution in [0.3, 0.4) is 0 Å². The SMILES string of the molecule is CC(=O)O[C@H]1CC[C@]2(C)[C@H]3C(=O)C=C4C(CC[C@@]5(C)CC[C@](C)(C(=O)NCCCN)C[C@@H]45)[C@]3(C)CC[C@H]2C1(C)C.Cl. The van der Waals surface area contributed by atoms with E-state index in [2.05, 4.69) is 52.9 Å². The lowest BCUT2D eigenvalue weighted by atomic mass is 9.37. The summed E-state index contributed by atoms with van der Waals surface area (Å²) in [5.74, 6) is 1.24. The standard InChI is InChI=1S/C34H54N2O4.ClH/c1-21(37)40-27-11-14-34(7)26(30(27,2)3)10-13-33(6)23-9-12-31(4)15-16-32(5,29(39)36-18-8-17-35)20-24(31)22(23)19-25(38)28(33)34;/h19,23-24,26-28H,8-18,20,35H2,1-7H3,(H,36,39);1H/t23?,24-,26-,27-,28-,31-,32-,33-,34-;/m0./s1. The van der Waals surface area contributed by atoms with E-state index >= 15 is 0 Å². The number of halogens is 1. The lowest BCUT2D eigenvalue weighted by Gasteiger charge is -2.67. The van der Waals surface area contributed by atoms with Gasteiger partial charge in [-0.05, 0) is 111 Å². The van der Waals surface area contributed by atoms with E-state index in [4.69, 9.17) is 10.5 Å². The van der Waals surface area contributed by atoms with Crippen molar-refractivity contribution in [1.82, 2.24) is 5.32 Å². The largest absolute Gasteiger partial charge is 0.462 e. The van der Waals surface area contributed by atoms with Gasteiger partial charge in [-0.1, -0.05) is 47.1 Å². The molecule has 5 aliphatic carbocycles. The summed E-state index contributed by atoms with van der Waals surface area (Å²) in [7, 11) is 0. The van der Waals surface area contributed by atoms with Crippen LogP contribution >= 0.6 is 12.4 Å². The van der Waals surface area contributed by atoms with Crippen molar-refractivity contribution in [2.75, 3.05) is 13.1 Å². The molecule has 6 nitrogen and oxygen atoms in total. The van der Waals surface area contributed by atoms with Crippen LogP contribution in [0.4, 0.5) is 0 Å². The molecule has 5 aliphatic rings. The molecule has 0 bridgehead atoms. The van der Waals surface area contributed by atoms with Gasteiger partial charge >= 0.3 is 5.97 Å². The van der Waals surface area contributed by atoms with Crippen molar-refractivity contribution in [2.45, 2.75) is 119 Å². The second-order valence-electron chi connectivity index (χ2n) is 16.0. The molecule has 0 spiro atoms. The van der Waals surface area contributed by atoms with Gasteiger partial charge in [-0.3, -0.25) is 14.4 Å². The average Bonchev–Trinajstić information content (AvgIpc) is 2.86. The Morgan fingerprint density at radius 2 is 1.63 bits per heavy atom. The van der Waals surface area contributed by atoms with Gasteiger partial charge in [0.1, 0.15) is 6.10 Å². The number of nitrogens with two attached hydrogens (primary N) is 1. The maximum atomic E-state index is 14.4. The molecule has 0 aromatic rings. The fourth-order valence-corrected chi connectivity index (χ4v) is 11.0. The first-order valence-electron chi connectivity index (χ1n) is 16.0. The number of hydrogen-bond donors (Lipinski definition) is 2. The number of amides is 1. The lowest BCUT2D eigenvalue weighted by molar-refractivity contribution is -0.200. The topological polar surface area (TPSA) is 98.5 Å². The summed E-state index contributed by atoms with van der Waals surface area (Å²) in [5, 5.41) is 3.16. The van der Waals surface area contributed by atoms with E-state index in [0.717, 1.165) is 57.8 Å². The minimum atomic E-state index is -0.412. The van der Waals surface area contributed by atoms with Crippen LogP contribution in [0.25, 0.3) is 0 Å². The Morgan fingerprint density at radius 3 is 2.29 bits per heavy atom. The van der Waals surface area contributed by atoms with Crippen LogP contribution in [0.5, 0.6) is 0 Å². The number of carbonyl (C=O) groups is 3. The third-order valence-electron chi connectivity index (χ3n) is 13.2. The van der Waals surface area contributed by atoms with Crippen LogP contribution in [-0.2, 0) is 19.1 Å². The first-order chi connectivity index (χ1) is 18.6. The second-order valence-corrected chi connectivity index (χ2v) is 16.0. The highest BCUT2D eigenvalue weighted by Crippen LogP contribution is 2.71. The monoisotopic (exact) mass is 590 g/mol. The van der Waals surface area contributed by atoms with Gasteiger partial charge in [0.05, 0.1) is 0 Å². The number of rotatable bonds is 5. The minimum absolute atomic E-state index is 0. The summed E-state index contributed by atoms with van der Waals surface area (Å²) < 4.78 is 5.84. The molecule has 3 N–H and O–H groups in total. The Kier molecular flexibility index (Phi) is 8.68. The fraction of sp³-hybridized carbons (Fsp3) is 0.853. The zero-order valence-electron chi connectivity index (χ0n) is 26.6. The molecule has 7 heteroatoms. The summed E-state index contributed by atoms with van der Waals surface area (Å²) in [6.07, 6.45) is 11.7. The minimum Gasteiger partial charge on any atom is -0.462 e. The molecular formula is C34H55ClN2O4. The van der Waals surface area contributed by atoms with Crippen molar-refractivity contribution >= 4 is 30.1 Å². The van der Waals surface area contributed by atoms with Gasteiger partial charge in [0, 0.05) is 30.2 Å². The molecule has 0 saturated heterocycles. The van der Waals surface area contributed by atoms with Gasteiger partial charge in [0.2, 0.25) is 5.91 Å². The molecule has 0 aromatic carbocycles. The maximum absolute atomic E-state index is 14.4. The number of fused-ring (bicyclic) bond motifs is 7. The van der Waals surface area contributed by atoms with Gasteiger partial charge in [-0.15, -0.1) is 12.4 Å². The summed E-state index contributed by atoms with van der Waals surface area (Å²) in [4.78, 5) is 39.7. The lowest BCUT2D eigenvalue weighted by Crippen LogP contribution is -2.64. The summed E-state index contributed by atoms with van der Waals surface area (Å²) in [6, 6.07) is 0. The van der Waals surface area contributed by atoms with Gasteiger partial charge in [0.25, 0.3) is 0 Å². The zero-order valence-corrected chi connectivity index (χ0v) is 27.4. The Morgan fingerprint density at radius 1 is 0.951 bits per heavy atom. The van der Waals surface area contributed by atoms with Crippen molar-refractivity contribution in [1.29, 1.82) is 0 Å². The number of nitrogens with one attached hydrogen (secondary N) is 1. The molecule has 1 unspecified atom stereocenters. The van der Waals surface area contributed by atoms with Crippen molar-refractivity contribution in [3.05, 3.63) is 11.6 Å². The van der Waals surface area contributed by atoms with E-state index in [1.165, 1.54) is 18.9 Å². The van der Waals surface area contributed by atoms with E-state index in [9.17, 15) is 14.4 Å². The smallest absolute Gasteiger partial charge is 0.302 e. The molecule has 0 aliphatic heterocycles. The first kappa shape index (κ1) is 32.5. The van der Waals surface area contributed by atoms with Gasteiger partial charge in [-0.25, -0.2) is 0 Å². The molecule has 0 aromatic heterocycles. The van der Waals surface area contributed by atoms with E-state index in [1.54, 1.807) is 0 Å². The average molecular weight is 591 g/mol. The van der Waals surface area contributed by atoms with Crippen molar-refractivity contribution in [3.8, 4) is 0 Å². The molecule has 0 heterocycles. The highest BCUT2D eigenvalue weighted by atomic mass is 35.5. The van der Waals surface area contributed by atoms with Gasteiger partial charge < -0.3 is 15.8 Å². The normalized spacial score (nSPS) is 44.5. The third-order valence-corrected chi connectivity index (χ3v) is 13.2. The van der Waals surface area contributed by atoms with Crippen molar-refractivity contribution < 1.29 is 19.1 Å². The van der Waals surface area contributed by atoms with Crippen LogP contribution in [-0.4, -0.2) is 36.9 Å². The molecule has 0 radical (unpaired) electrons. The maximum Gasteiger partial charge on any atom is 0.302 e. The number of ether oxygens (including phenoxy) is 1. The molecule has 1 amide bonds. The van der Waals surface area contributed by atoms with E-state index < -0.39 is 5.41 Å². The van der Waals surface area contributed by atoms with Crippen LogP contribution in [0.1, 0.15) is 113 Å². The summed E-state index contributed by atoms with van der Waals surface area (Å²) in [6.45, 7) is 16.6. The van der Waals surface area contributed by atoms with Crippen LogP contribution in [0.15, 0.2) is 11.6 Å². The summed E-state index contributed by atoms with van der Waals surface area (Å²) >= 11 is 0. The molecule has 4 fully saturated rings. The molecule has 9 atom stereocenters.